The number of thiazole rings is 1. The summed E-state index contributed by atoms with van der Waals surface area (Å²) in [6.45, 7) is 7.85. The Morgan fingerprint density at radius 1 is 1.44 bits per heavy atom. The van der Waals surface area contributed by atoms with Crippen molar-refractivity contribution in [1.82, 2.24) is 10.3 Å². The van der Waals surface area contributed by atoms with E-state index in [2.05, 4.69) is 36.5 Å². The summed E-state index contributed by atoms with van der Waals surface area (Å²) < 4.78 is 0. The van der Waals surface area contributed by atoms with E-state index in [0.717, 1.165) is 13.0 Å². The Bertz CT molecular complexity index is 320. The average molecular weight is 238 g/mol. The van der Waals surface area contributed by atoms with E-state index in [1.165, 1.54) is 25.0 Å². The van der Waals surface area contributed by atoms with Crippen LogP contribution in [0.15, 0.2) is 10.9 Å². The lowest BCUT2D eigenvalue weighted by molar-refractivity contribution is 0.117. The van der Waals surface area contributed by atoms with E-state index in [0.29, 0.717) is 5.41 Å². The zero-order valence-corrected chi connectivity index (χ0v) is 11.4. The molecule has 1 aromatic rings. The van der Waals surface area contributed by atoms with Crippen LogP contribution in [-0.4, -0.2) is 17.1 Å². The molecule has 0 amide bonds. The number of rotatable bonds is 4. The minimum atomic E-state index is 0.227. The fourth-order valence-corrected chi connectivity index (χ4v) is 2.81. The fourth-order valence-electron chi connectivity index (χ4n) is 2.25. The second-order valence-corrected chi connectivity index (χ2v) is 6.83. The van der Waals surface area contributed by atoms with Gasteiger partial charge in [0.05, 0.1) is 11.2 Å². The van der Waals surface area contributed by atoms with E-state index in [-0.39, 0.29) is 5.54 Å². The third-order valence-corrected chi connectivity index (χ3v) is 4.08. The van der Waals surface area contributed by atoms with E-state index >= 15 is 0 Å². The second-order valence-electron chi connectivity index (χ2n) is 6.11. The van der Waals surface area contributed by atoms with Gasteiger partial charge in [0, 0.05) is 17.5 Å². The topological polar surface area (TPSA) is 24.9 Å². The lowest BCUT2D eigenvalue weighted by Crippen LogP contribution is -2.48. The van der Waals surface area contributed by atoms with Crippen molar-refractivity contribution in [1.29, 1.82) is 0 Å². The molecular weight excluding hydrogens is 216 g/mol. The summed E-state index contributed by atoms with van der Waals surface area (Å²) in [7, 11) is 0. The van der Waals surface area contributed by atoms with Crippen molar-refractivity contribution in [2.24, 2.45) is 5.41 Å². The zero-order chi connectivity index (χ0) is 11.6. The van der Waals surface area contributed by atoms with Gasteiger partial charge >= 0.3 is 0 Å². The van der Waals surface area contributed by atoms with Gasteiger partial charge < -0.3 is 5.32 Å². The molecule has 1 fully saturated rings. The first-order valence-corrected chi connectivity index (χ1v) is 7.06. The molecule has 2 rings (SSSR count). The molecule has 2 nitrogen and oxygen atoms in total. The predicted octanol–water partition coefficient (Wildman–Crippen LogP) is 3.24. The number of hydrogen-bond donors (Lipinski definition) is 1. The quantitative estimate of drug-likeness (QED) is 0.871. The van der Waals surface area contributed by atoms with Crippen LogP contribution < -0.4 is 5.32 Å². The minimum Gasteiger partial charge on any atom is -0.312 e. The van der Waals surface area contributed by atoms with Crippen molar-refractivity contribution >= 4 is 11.3 Å². The van der Waals surface area contributed by atoms with E-state index in [1.807, 2.05) is 5.51 Å². The molecule has 1 aliphatic carbocycles. The SMILES string of the molecule is CC(C)(C)NCC1(Cc2cscn2)CCC1. The highest BCUT2D eigenvalue weighted by Gasteiger charge is 2.37. The van der Waals surface area contributed by atoms with Gasteiger partial charge in [-0.2, -0.15) is 0 Å². The second kappa shape index (κ2) is 4.46. The van der Waals surface area contributed by atoms with Gasteiger partial charge in [-0.3, -0.25) is 0 Å². The molecule has 1 aromatic heterocycles. The highest BCUT2D eigenvalue weighted by Crippen LogP contribution is 2.43. The van der Waals surface area contributed by atoms with E-state index < -0.39 is 0 Å². The van der Waals surface area contributed by atoms with Crippen LogP contribution in [0, 0.1) is 5.41 Å². The summed E-state index contributed by atoms with van der Waals surface area (Å²) in [6.07, 6.45) is 5.25. The zero-order valence-electron chi connectivity index (χ0n) is 10.5. The summed E-state index contributed by atoms with van der Waals surface area (Å²) in [6, 6.07) is 0. The number of hydrogen-bond acceptors (Lipinski definition) is 3. The van der Waals surface area contributed by atoms with Crippen molar-refractivity contribution in [3.05, 3.63) is 16.6 Å². The molecule has 0 saturated heterocycles. The molecule has 0 radical (unpaired) electrons. The Kier molecular flexibility index (Phi) is 3.36. The van der Waals surface area contributed by atoms with Gasteiger partial charge in [-0.05, 0) is 45.4 Å². The number of nitrogens with zero attached hydrogens (tertiary/aromatic N) is 1. The molecule has 0 aliphatic heterocycles. The van der Waals surface area contributed by atoms with Gasteiger partial charge in [0.25, 0.3) is 0 Å². The van der Waals surface area contributed by atoms with Crippen LogP contribution in [0.2, 0.25) is 0 Å². The predicted molar refractivity (Wildman–Crippen MR) is 69.9 cm³/mol. The van der Waals surface area contributed by atoms with E-state index in [4.69, 9.17) is 0 Å². The summed E-state index contributed by atoms with van der Waals surface area (Å²) in [5.74, 6) is 0. The Hall–Kier alpha value is -0.410. The van der Waals surface area contributed by atoms with Crippen LogP contribution >= 0.6 is 11.3 Å². The Labute approximate surface area is 102 Å². The molecule has 0 bridgehead atoms. The maximum absolute atomic E-state index is 4.42. The number of nitrogens with one attached hydrogen (secondary N) is 1. The molecule has 3 heteroatoms. The Morgan fingerprint density at radius 2 is 2.19 bits per heavy atom. The highest BCUT2D eigenvalue weighted by molar-refractivity contribution is 7.07. The van der Waals surface area contributed by atoms with Crippen molar-refractivity contribution in [3.63, 3.8) is 0 Å². The summed E-state index contributed by atoms with van der Waals surface area (Å²) in [5.41, 5.74) is 3.94. The van der Waals surface area contributed by atoms with Crippen LogP contribution in [0.25, 0.3) is 0 Å². The fraction of sp³-hybridized carbons (Fsp3) is 0.769. The maximum atomic E-state index is 4.42. The molecule has 1 heterocycles. The molecule has 0 aromatic carbocycles. The van der Waals surface area contributed by atoms with Crippen LogP contribution in [0.5, 0.6) is 0 Å². The van der Waals surface area contributed by atoms with Crippen LogP contribution in [-0.2, 0) is 6.42 Å². The van der Waals surface area contributed by atoms with Crippen LogP contribution in [0.3, 0.4) is 0 Å². The molecule has 1 aliphatic rings. The largest absolute Gasteiger partial charge is 0.312 e. The van der Waals surface area contributed by atoms with Crippen molar-refractivity contribution in [2.45, 2.75) is 52.0 Å². The first-order valence-electron chi connectivity index (χ1n) is 6.11. The average Bonchev–Trinajstić information content (AvgIpc) is 2.60. The normalized spacial score (nSPS) is 19.4. The molecule has 0 unspecified atom stereocenters. The summed E-state index contributed by atoms with van der Waals surface area (Å²) in [4.78, 5) is 4.42. The molecule has 0 spiro atoms. The first kappa shape index (κ1) is 12.1. The number of aromatic nitrogens is 1. The van der Waals surface area contributed by atoms with Gasteiger partial charge in [-0.1, -0.05) is 6.42 Å². The monoisotopic (exact) mass is 238 g/mol. The lowest BCUT2D eigenvalue weighted by atomic mass is 9.66. The van der Waals surface area contributed by atoms with Gasteiger partial charge in [0.2, 0.25) is 0 Å². The smallest absolute Gasteiger partial charge is 0.0794 e. The third kappa shape index (κ3) is 3.05. The van der Waals surface area contributed by atoms with E-state index in [9.17, 15) is 0 Å². The Balaban J connectivity index is 1.92. The molecule has 16 heavy (non-hydrogen) atoms. The van der Waals surface area contributed by atoms with E-state index in [1.54, 1.807) is 11.3 Å². The maximum Gasteiger partial charge on any atom is 0.0794 e. The van der Waals surface area contributed by atoms with Gasteiger partial charge in [-0.15, -0.1) is 11.3 Å². The van der Waals surface area contributed by atoms with Crippen molar-refractivity contribution in [3.8, 4) is 0 Å². The van der Waals surface area contributed by atoms with Gasteiger partial charge in [0.1, 0.15) is 0 Å². The molecule has 0 atom stereocenters. The minimum absolute atomic E-state index is 0.227. The van der Waals surface area contributed by atoms with Crippen LogP contribution in [0.4, 0.5) is 0 Å². The third-order valence-electron chi connectivity index (χ3n) is 3.45. The van der Waals surface area contributed by atoms with Crippen molar-refractivity contribution < 1.29 is 0 Å². The summed E-state index contributed by atoms with van der Waals surface area (Å²) >= 11 is 1.71. The molecular formula is C13H22N2S. The Morgan fingerprint density at radius 3 is 2.62 bits per heavy atom. The van der Waals surface area contributed by atoms with Gasteiger partial charge in [0.15, 0.2) is 0 Å². The molecule has 1 N–H and O–H groups in total. The molecule has 1 saturated carbocycles. The summed E-state index contributed by atoms with van der Waals surface area (Å²) in [5, 5.41) is 5.84. The highest BCUT2D eigenvalue weighted by atomic mass is 32.1. The standard InChI is InChI=1S/C13H22N2S/c1-12(2,3)15-9-13(5-4-6-13)7-11-8-16-10-14-11/h8,10,15H,4-7,9H2,1-3H3. The van der Waals surface area contributed by atoms with Crippen molar-refractivity contribution in [2.75, 3.05) is 6.54 Å². The lowest BCUT2D eigenvalue weighted by Gasteiger charge is -2.43. The van der Waals surface area contributed by atoms with Gasteiger partial charge in [-0.25, -0.2) is 4.98 Å². The van der Waals surface area contributed by atoms with Crippen LogP contribution in [0.1, 0.15) is 45.7 Å². The first-order chi connectivity index (χ1) is 7.49. The molecule has 90 valence electrons.